The lowest BCUT2D eigenvalue weighted by Crippen LogP contribution is -2.46. The molecule has 1 amide bonds. The second-order valence-electron chi connectivity index (χ2n) is 6.00. The van der Waals surface area contributed by atoms with Crippen molar-refractivity contribution in [3.05, 3.63) is 35.4 Å². The van der Waals surface area contributed by atoms with E-state index in [1.54, 1.807) is 32.9 Å². The number of aryl methyl sites for hydroxylation is 1. The van der Waals surface area contributed by atoms with Crippen LogP contribution in [0.2, 0.25) is 0 Å². The first-order valence-corrected chi connectivity index (χ1v) is 7.13. The predicted octanol–water partition coefficient (Wildman–Crippen LogP) is 2.26. The summed E-state index contributed by atoms with van der Waals surface area (Å²) in [6.45, 7) is 7.00. The molecule has 0 radical (unpaired) electrons. The minimum absolute atomic E-state index is 0.417. The molecule has 6 nitrogen and oxygen atoms in total. The van der Waals surface area contributed by atoms with Crippen molar-refractivity contribution in [2.24, 2.45) is 0 Å². The first-order chi connectivity index (χ1) is 10.1. The number of alkyl carbamates (subject to hydrolysis) is 1. The highest BCUT2D eigenvalue weighted by molar-refractivity contribution is 5.80. The highest BCUT2D eigenvalue weighted by atomic mass is 16.6. The fourth-order valence-electron chi connectivity index (χ4n) is 1.85. The Morgan fingerprint density at radius 2 is 1.77 bits per heavy atom. The Labute approximate surface area is 130 Å². The fraction of sp³-hybridized carbons (Fsp3) is 0.500. The van der Waals surface area contributed by atoms with Gasteiger partial charge >= 0.3 is 12.1 Å². The van der Waals surface area contributed by atoms with Gasteiger partial charge in [0.15, 0.2) is 6.04 Å². The minimum atomic E-state index is -1.48. The summed E-state index contributed by atoms with van der Waals surface area (Å²) in [5.41, 5.74) is 0.740. The number of nitrogens with one attached hydrogen (secondary N) is 1. The molecule has 1 aromatic rings. The molecule has 6 heteroatoms. The number of carboxylic acid groups (broad SMARTS) is 1. The molecule has 0 heterocycles. The second kappa shape index (κ2) is 7.26. The van der Waals surface area contributed by atoms with Crippen LogP contribution in [0.1, 0.15) is 44.9 Å². The van der Waals surface area contributed by atoms with Gasteiger partial charge < -0.3 is 20.3 Å². The summed E-state index contributed by atoms with van der Waals surface area (Å²) in [5, 5.41) is 21.6. The van der Waals surface area contributed by atoms with E-state index in [0.717, 1.165) is 12.0 Å². The maximum atomic E-state index is 11.7. The van der Waals surface area contributed by atoms with Gasteiger partial charge in [0.25, 0.3) is 0 Å². The third kappa shape index (κ3) is 5.37. The Hall–Kier alpha value is -2.08. The second-order valence-corrected chi connectivity index (χ2v) is 6.00. The van der Waals surface area contributed by atoms with Crippen LogP contribution in [0.5, 0.6) is 0 Å². The van der Waals surface area contributed by atoms with E-state index < -0.39 is 29.8 Å². The van der Waals surface area contributed by atoms with Crippen molar-refractivity contribution in [1.29, 1.82) is 0 Å². The number of aliphatic hydroxyl groups is 1. The zero-order valence-electron chi connectivity index (χ0n) is 13.3. The third-order valence-electron chi connectivity index (χ3n) is 2.98. The maximum Gasteiger partial charge on any atom is 0.408 e. The normalized spacial score (nSPS) is 14.0. The van der Waals surface area contributed by atoms with E-state index in [4.69, 9.17) is 4.74 Å². The van der Waals surface area contributed by atoms with E-state index in [1.807, 2.05) is 19.1 Å². The van der Waals surface area contributed by atoms with Crippen LogP contribution < -0.4 is 5.32 Å². The molecule has 122 valence electrons. The molecular formula is C16H23NO5. The highest BCUT2D eigenvalue weighted by Gasteiger charge is 2.31. The molecule has 0 saturated heterocycles. The van der Waals surface area contributed by atoms with Crippen LogP contribution in [0.3, 0.4) is 0 Å². The van der Waals surface area contributed by atoms with E-state index in [9.17, 15) is 19.8 Å². The molecule has 0 unspecified atom stereocenters. The zero-order valence-corrected chi connectivity index (χ0v) is 13.3. The lowest BCUT2D eigenvalue weighted by Gasteiger charge is -2.24. The van der Waals surface area contributed by atoms with Gasteiger partial charge in [0, 0.05) is 0 Å². The summed E-state index contributed by atoms with van der Waals surface area (Å²) in [6, 6.07) is 5.43. The van der Waals surface area contributed by atoms with Gasteiger partial charge in [0.1, 0.15) is 11.7 Å². The number of amides is 1. The van der Waals surface area contributed by atoms with Gasteiger partial charge in [0.05, 0.1) is 0 Å². The standard InChI is InChI=1S/C16H23NO5/c1-5-10-6-8-11(9-7-10)13(18)12(14(19)20)17-15(21)22-16(2,3)4/h6-9,12-13,18H,5H2,1-4H3,(H,17,21)(H,19,20)/t12-,13-/m0/s1. The van der Waals surface area contributed by atoms with Crippen LogP contribution in [0.15, 0.2) is 24.3 Å². The highest BCUT2D eigenvalue weighted by Crippen LogP contribution is 2.19. The smallest absolute Gasteiger partial charge is 0.408 e. The zero-order chi connectivity index (χ0) is 16.9. The molecule has 0 aliphatic rings. The number of benzene rings is 1. The van der Waals surface area contributed by atoms with Crippen molar-refractivity contribution in [2.45, 2.75) is 51.9 Å². The Balaban J connectivity index is 2.85. The molecule has 0 bridgehead atoms. The largest absolute Gasteiger partial charge is 0.480 e. The summed E-state index contributed by atoms with van der Waals surface area (Å²) in [7, 11) is 0. The minimum Gasteiger partial charge on any atom is -0.480 e. The van der Waals surface area contributed by atoms with Gasteiger partial charge in [-0.3, -0.25) is 0 Å². The molecule has 2 atom stereocenters. The molecule has 0 aromatic heterocycles. The van der Waals surface area contributed by atoms with Crippen molar-refractivity contribution in [2.75, 3.05) is 0 Å². The molecule has 0 aliphatic heterocycles. The molecule has 0 spiro atoms. The van der Waals surface area contributed by atoms with Gasteiger partial charge in [-0.25, -0.2) is 9.59 Å². The summed E-state index contributed by atoms with van der Waals surface area (Å²) < 4.78 is 5.02. The third-order valence-corrected chi connectivity index (χ3v) is 2.98. The van der Waals surface area contributed by atoms with Gasteiger partial charge in [-0.15, -0.1) is 0 Å². The summed E-state index contributed by atoms with van der Waals surface area (Å²) >= 11 is 0. The number of aliphatic carboxylic acids is 1. The molecule has 22 heavy (non-hydrogen) atoms. The monoisotopic (exact) mass is 309 g/mol. The Morgan fingerprint density at radius 1 is 1.23 bits per heavy atom. The van der Waals surface area contributed by atoms with Crippen LogP contribution in [0, 0.1) is 0 Å². The van der Waals surface area contributed by atoms with Crippen molar-refractivity contribution < 1.29 is 24.5 Å². The van der Waals surface area contributed by atoms with Crippen LogP contribution in [0.25, 0.3) is 0 Å². The SMILES string of the molecule is CCc1ccc([C@H](O)[C@H](NC(=O)OC(C)(C)C)C(=O)O)cc1. The fourth-order valence-corrected chi connectivity index (χ4v) is 1.85. The summed E-state index contributed by atoms with van der Waals surface area (Å²) in [4.78, 5) is 23.0. The van der Waals surface area contributed by atoms with Gasteiger partial charge in [0.2, 0.25) is 0 Å². The summed E-state index contributed by atoms with van der Waals surface area (Å²) in [6.07, 6.45) is -1.41. The molecular weight excluding hydrogens is 286 g/mol. The predicted molar refractivity (Wildman–Crippen MR) is 81.6 cm³/mol. The molecule has 0 fully saturated rings. The Morgan fingerprint density at radius 3 is 2.18 bits per heavy atom. The summed E-state index contributed by atoms with van der Waals surface area (Å²) in [5.74, 6) is -1.34. The first kappa shape index (κ1) is 18.0. The number of aliphatic hydroxyl groups excluding tert-OH is 1. The van der Waals surface area contributed by atoms with E-state index >= 15 is 0 Å². The number of hydrogen-bond donors (Lipinski definition) is 3. The number of hydrogen-bond acceptors (Lipinski definition) is 4. The van der Waals surface area contributed by atoms with Crippen molar-refractivity contribution in [3.63, 3.8) is 0 Å². The number of carbonyl (C=O) groups is 2. The number of rotatable bonds is 5. The Bertz CT molecular complexity index is 518. The van der Waals surface area contributed by atoms with Crippen LogP contribution in [-0.4, -0.2) is 33.9 Å². The topological polar surface area (TPSA) is 95.9 Å². The average Bonchev–Trinajstić information content (AvgIpc) is 2.42. The Kier molecular flexibility index (Phi) is 5.93. The van der Waals surface area contributed by atoms with Gasteiger partial charge in [-0.1, -0.05) is 31.2 Å². The molecule has 1 aromatic carbocycles. The lowest BCUT2D eigenvalue weighted by molar-refractivity contribution is -0.142. The van der Waals surface area contributed by atoms with Gasteiger partial charge in [-0.2, -0.15) is 0 Å². The number of carboxylic acids is 1. The lowest BCUT2D eigenvalue weighted by atomic mass is 10.0. The van der Waals surface area contributed by atoms with Crippen LogP contribution >= 0.6 is 0 Å². The maximum absolute atomic E-state index is 11.7. The molecule has 0 saturated carbocycles. The molecule has 3 N–H and O–H groups in total. The van der Waals surface area contributed by atoms with Crippen LogP contribution in [-0.2, 0) is 16.0 Å². The average molecular weight is 309 g/mol. The first-order valence-electron chi connectivity index (χ1n) is 7.13. The molecule has 0 aliphatic carbocycles. The number of ether oxygens (including phenoxy) is 1. The number of carbonyl (C=O) groups excluding carboxylic acids is 1. The van der Waals surface area contributed by atoms with E-state index in [2.05, 4.69) is 5.32 Å². The van der Waals surface area contributed by atoms with E-state index in [-0.39, 0.29) is 0 Å². The van der Waals surface area contributed by atoms with Crippen molar-refractivity contribution in [1.82, 2.24) is 5.32 Å². The van der Waals surface area contributed by atoms with Crippen LogP contribution in [0.4, 0.5) is 4.79 Å². The van der Waals surface area contributed by atoms with Crippen molar-refractivity contribution >= 4 is 12.1 Å². The molecule has 1 rings (SSSR count). The van der Waals surface area contributed by atoms with E-state index in [1.165, 1.54) is 0 Å². The quantitative estimate of drug-likeness (QED) is 0.775. The van der Waals surface area contributed by atoms with E-state index in [0.29, 0.717) is 5.56 Å². The van der Waals surface area contributed by atoms with Gasteiger partial charge in [-0.05, 0) is 38.3 Å². The van der Waals surface area contributed by atoms with Crippen molar-refractivity contribution in [3.8, 4) is 0 Å².